The Morgan fingerprint density at radius 3 is 2.79 bits per heavy atom. The van der Waals surface area contributed by atoms with E-state index in [2.05, 4.69) is 19.9 Å². The fourth-order valence-electron chi connectivity index (χ4n) is 4.55. The third kappa shape index (κ3) is 3.93. The quantitative estimate of drug-likeness (QED) is 0.430. The number of rotatable bonds is 4. The number of carbonyl (C=O) groups is 1. The molecule has 176 valence electrons. The second-order valence-corrected chi connectivity index (χ2v) is 9.13. The number of nitrogen functional groups attached to an aromatic ring is 1. The molecule has 1 fully saturated rings. The zero-order chi connectivity index (χ0) is 24.0. The Morgan fingerprint density at radius 2 is 2.00 bits per heavy atom. The lowest BCUT2D eigenvalue weighted by atomic mass is 10.1. The monoisotopic (exact) mass is 460 g/mol. The lowest BCUT2D eigenvalue weighted by Crippen LogP contribution is -2.53. The molecule has 2 atom stereocenters. The molecule has 1 saturated heterocycles. The van der Waals surface area contributed by atoms with Gasteiger partial charge in [-0.1, -0.05) is 18.2 Å². The first-order valence-electron chi connectivity index (χ1n) is 11.3. The van der Waals surface area contributed by atoms with Crippen LogP contribution in [0.3, 0.4) is 0 Å². The van der Waals surface area contributed by atoms with Crippen LogP contribution in [-0.2, 0) is 4.74 Å². The fraction of sp³-hybridized carbons (Fsp3) is 0.320. The fourth-order valence-corrected chi connectivity index (χ4v) is 4.55. The largest absolute Gasteiger partial charge is 0.397 e. The number of carbonyl (C=O) groups excluding carboxylic acids is 1. The number of morpholine rings is 1. The maximum atomic E-state index is 13.4. The van der Waals surface area contributed by atoms with E-state index in [-0.39, 0.29) is 29.2 Å². The smallest absolute Gasteiger partial charge is 0.261 e. The predicted molar refractivity (Wildman–Crippen MR) is 133 cm³/mol. The molecule has 0 unspecified atom stereocenters. The SMILES string of the molecule is C[C@@H]1CO[C@H](CN(C)C)CN1C(=O)c1ccc2[nH]c(-c3c(N)c4ccccc4[nH]c3=O)nc2c1. The molecule has 2 aromatic heterocycles. The number of imidazole rings is 1. The molecule has 34 heavy (non-hydrogen) atoms. The van der Waals surface area contributed by atoms with Crippen molar-refractivity contribution in [3.8, 4) is 11.4 Å². The Morgan fingerprint density at radius 1 is 1.21 bits per heavy atom. The molecule has 9 heteroatoms. The van der Waals surface area contributed by atoms with E-state index in [1.54, 1.807) is 12.1 Å². The molecular weight excluding hydrogens is 432 g/mol. The summed E-state index contributed by atoms with van der Waals surface area (Å²) in [6.07, 6.45) is -0.0292. The third-order valence-electron chi connectivity index (χ3n) is 6.26. The number of nitrogens with one attached hydrogen (secondary N) is 2. The summed E-state index contributed by atoms with van der Waals surface area (Å²) in [7, 11) is 3.98. The number of pyridine rings is 1. The van der Waals surface area contributed by atoms with Crippen molar-refractivity contribution in [2.75, 3.05) is 39.5 Å². The Kier molecular flexibility index (Phi) is 5.59. The van der Waals surface area contributed by atoms with E-state index >= 15 is 0 Å². The minimum absolute atomic E-state index is 0.0210. The Bertz CT molecular complexity index is 1440. The summed E-state index contributed by atoms with van der Waals surface area (Å²) in [6, 6.07) is 12.7. The number of likely N-dealkylation sites (N-methyl/N-ethyl adjacent to an activating group) is 1. The minimum Gasteiger partial charge on any atom is -0.397 e. The van der Waals surface area contributed by atoms with Gasteiger partial charge < -0.3 is 30.2 Å². The van der Waals surface area contributed by atoms with Gasteiger partial charge in [-0.15, -0.1) is 0 Å². The number of hydrogen-bond acceptors (Lipinski definition) is 6. The number of fused-ring (bicyclic) bond motifs is 2. The number of aromatic nitrogens is 3. The lowest BCUT2D eigenvalue weighted by Gasteiger charge is -2.39. The maximum Gasteiger partial charge on any atom is 0.261 e. The van der Waals surface area contributed by atoms with Crippen molar-refractivity contribution in [2.24, 2.45) is 0 Å². The van der Waals surface area contributed by atoms with Gasteiger partial charge in [0.1, 0.15) is 11.4 Å². The number of para-hydroxylation sites is 1. The van der Waals surface area contributed by atoms with E-state index in [0.29, 0.717) is 41.3 Å². The number of benzene rings is 2. The molecule has 2 aromatic carbocycles. The highest BCUT2D eigenvalue weighted by molar-refractivity contribution is 6.00. The molecule has 3 heterocycles. The molecule has 0 bridgehead atoms. The van der Waals surface area contributed by atoms with Gasteiger partial charge in [0.25, 0.3) is 11.5 Å². The average Bonchev–Trinajstić information content (AvgIpc) is 3.22. The number of anilines is 1. The molecule has 0 aliphatic carbocycles. The van der Waals surface area contributed by atoms with E-state index in [9.17, 15) is 9.59 Å². The van der Waals surface area contributed by atoms with Gasteiger partial charge in [-0.25, -0.2) is 4.98 Å². The summed E-state index contributed by atoms with van der Waals surface area (Å²) >= 11 is 0. The second kappa shape index (κ2) is 8.58. The van der Waals surface area contributed by atoms with Crippen LogP contribution in [0.1, 0.15) is 17.3 Å². The highest BCUT2D eigenvalue weighted by Crippen LogP contribution is 2.28. The second-order valence-electron chi connectivity index (χ2n) is 9.13. The number of amides is 1. The van der Waals surface area contributed by atoms with E-state index in [0.717, 1.165) is 17.4 Å². The number of ether oxygens (including phenoxy) is 1. The summed E-state index contributed by atoms with van der Waals surface area (Å²) in [5.41, 5.74) is 9.22. The minimum atomic E-state index is -0.319. The normalized spacial score (nSPS) is 18.8. The molecule has 1 aliphatic rings. The van der Waals surface area contributed by atoms with Gasteiger partial charge in [0.2, 0.25) is 0 Å². The Balaban J connectivity index is 1.49. The van der Waals surface area contributed by atoms with E-state index in [1.165, 1.54) is 0 Å². The third-order valence-corrected chi connectivity index (χ3v) is 6.26. The summed E-state index contributed by atoms with van der Waals surface area (Å²) in [5, 5.41) is 0.752. The standard InChI is InChI=1S/C25H28N6O3/c1-14-13-34-16(11-30(2)3)12-31(14)25(33)15-8-9-19-20(10-15)28-23(27-19)21-22(26)17-6-4-5-7-18(17)29-24(21)32/h4-10,14,16H,11-13H2,1-3H3,(H,27,28)(H3,26,29,32)/t14-,16-/m1/s1. The highest BCUT2D eigenvalue weighted by atomic mass is 16.5. The average molecular weight is 461 g/mol. The van der Waals surface area contributed by atoms with Gasteiger partial charge in [0.15, 0.2) is 0 Å². The van der Waals surface area contributed by atoms with Gasteiger partial charge in [-0.2, -0.15) is 0 Å². The Labute approximate surface area is 196 Å². The van der Waals surface area contributed by atoms with E-state index in [4.69, 9.17) is 10.5 Å². The molecule has 9 nitrogen and oxygen atoms in total. The van der Waals surface area contributed by atoms with Gasteiger partial charge in [0, 0.05) is 24.0 Å². The topological polar surface area (TPSA) is 120 Å². The number of hydrogen-bond donors (Lipinski definition) is 3. The first-order chi connectivity index (χ1) is 16.3. The number of nitrogens with two attached hydrogens (primary N) is 1. The van der Waals surface area contributed by atoms with Crippen LogP contribution in [-0.4, -0.2) is 76.6 Å². The number of nitrogens with zero attached hydrogens (tertiary/aromatic N) is 3. The van der Waals surface area contributed by atoms with Crippen LogP contribution < -0.4 is 11.3 Å². The van der Waals surface area contributed by atoms with E-state index < -0.39 is 0 Å². The van der Waals surface area contributed by atoms with Gasteiger partial charge in [-0.05, 0) is 45.3 Å². The first kappa shape index (κ1) is 22.1. The van der Waals surface area contributed by atoms with E-state index in [1.807, 2.05) is 56.3 Å². The van der Waals surface area contributed by atoms with Gasteiger partial charge in [-0.3, -0.25) is 9.59 Å². The molecule has 1 aliphatic heterocycles. The molecule has 4 aromatic rings. The lowest BCUT2D eigenvalue weighted by molar-refractivity contribution is -0.0546. The van der Waals surface area contributed by atoms with Crippen molar-refractivity contribution in [1.29, 1.82) is 0 Å². The predicted octanol–water partition coefficient (Wildman–Crippen LogP) is 2.44. The van der Waals surface area contributed by atoms with Crippen LogP contribution in [0, 0.1) is 0 Å². The first-order valence-corrected chi connectivity index (χ1v) is 11.3. The van der Waals surface area contributed by atoms with Crippen molar-refractivity contribution in [3.05, 3.63) is 58.4 Å². The van der Waals surface area contributed by atoms with Gasteiger partial charge in [0.05, 0.1) is 41.0 Å². The molecule has 1 amide bonds. The molecular formula is C25H28N6O3. The molecule has 0 spiro atoms. The van der Waals surface area contributed by atoms with Gasteiger partial charge >= 0.3 is 0 Å². The zero-order valence-corrected chi connectivity index (χ0v) is 19.5. The molecule has 5 rings (SSSR count). The van der Waals surface area contributed by atoms with Crippen molar-refractivity contribution < 1.29 is 9.53 Å². The van der Waals surface area contributed by atoms with Crippen LogP contribution >= 0.6 is 0 Å². The number of H-pyrrole nitrogens is 2. The zero-order valence-electron chi connectivity index (χ0n) is 19.5. The Hall–Kier alpha value is -3.69. The van der Waals surface area contributed by atoms with Crippen molar-refractivity contribution >= 4 is 33.5 Å². The van der Waals surface area contributed by atoms with Crippen LogP contribution in [0.15, 0.2) is 47.3 Å². The van der Waals surface area contributed by atoms with Crippen LogP contribution in [0.5, 0.6) is 0 Å². The highest BCUT2D eigenvalue weighted by Gasteiger charge is 2.30. The summed E-state index contributed by atoms with van der Waals surface area (Å²) in [6.45, 7) is 3.78. The maximum absolute atomic E-state index is 13.4. The summed E-state index contributed by atoms with van der Waals surface area (Å²) in [4.78, 5) is 40.7. The summed E-state index contributed by atoms with van der Waals surface area (Å²) in [5.74, 6) is 0.309. The molecule has 0 saturated carbocycles. The van der Waals surface area contributed by atoms with Crippen LogP contribution in [0.4, 0.5) is 5.69 Å². The molecule has 4 N–H and O–H groups in total. The van der Waals surface area contributed by atoms with Crippen molar-refractivity contribution in [2.45, 2.75) is 19.1 Å². The van der Waals surface area contributed by atoms with Crippen molar-refractivity contribution in [1.82, 2.24) is 24.8 Å². The van der Waals surface area contributed by atoms with Crippen molar-refractivity contribution in [3.63, 3.8) is 0 Å². The summed E-state index contributed by atoms with van der Waals surface area (Å²) < 4.78 is 5.90. The van der Waals surface area contributed by atoms with Crippen LogP contribution in [0.25, 0.3) is 33.3 Å². The van der Waals surface area contributed by atoms with Crippen LogP contribution in [0.2, 0.25) is 0 Å². The molecule has 0 radical (unpaired) electrons. The number of aromatic amines is 2.